The summed E-state index contributed by atoms with van der Waals surface area (Å²) in [5, 5.41) is 22.2. The van der Waals surface area contributed by atoms with Gasteiger partial charge >= 0.3 is 12.0 Å². The van der Waals surface area contributed by atoms with Gasteiger partial charge in [-0.25, -0.2) is 9.59 Å². The van der Waals surface area contributed by atoms with Crippen molar-refractivity contribution in [3.63, 3.8) is 0 Å². The average Bonchev–Trinajstić information content (AvgIpc) is 2.30. The van der Waals surface area contributed by atoms with Gasteiger partial charge in [0, 0.05) is 25.2 Å². The zero-order valence-electron chi connectivity index (χ0n) is 12.0. The van der Waals surface area contributed by atoms with Crippen LogP contribution in [0.5, 0.6) is 0 Å². The van der Waals surface area contributed by atoms with Gasteiger partial charge in [-0.2, -0.15) is 0 Å². The monoisotopic (exact) mass is 275 g/mol. The average molecular weight is 275 g/mol. The molecule has 0 saturated carbocycles. The van der Waals surface area contributed by atoms with Crippen LogP contribution in [0, 0.1) is 0 Å². The van der Waals surface area contributed by atoms with E-state index >= 15 is 0 Å². The number of carbonyl (C=O) groups excluding carboxylic acids is 1. The predicted molar refractivity (Wildman–Crippen MR) is 72.0 cm³/mol. The Morgan fingerprint density at radius 3 is 2.05 bits per heavy atom. The molecule has 0 radical (unpaired) electrons. The van der Waals surface area contributed by atoms with Crippen LogP contribution in [0.15, 0.2) is 0 Å². The maximum absolute atomic E-state index is 11.4. The minimum Gasteiger partial charge on any atom is -0.480 e. The van der Waals surface area contributed by atoms with Crippen molar-refractivity contribution in [2.75, 3.05) is 19.7 Å². The molecule has 1 atom stereocenters. The van der Waals surface area contributed by atoms with E-state index in [0.29, 0.717) is 25.2 Å². The van der Waals surface area contributed by atoms with Gasteiger partial charge in [0.1, 0.15) is 0 Å². The van der Waals surface area contributed by atoms with Gasteiger partial charge in [0.15, 0.2) is 6.04 Å². The second-order valence-electron chi connectivity index (χ2n) is 4.90. The van der Waals surface area contributed by atoms with Crippen LogP contribution in [0.2, 0.25) is 0 Å². The summed E-state index contributed by atoms with van der Waals surface area (Å²) in [6, 6.07) is -1.12. The third-order valence-electron chi connectivity index (χ3n) is 2.77. The van der Waals surface area contributed by atoms with Crippen molar-refractivity contribution < 1.29 is 19.8 Å². The molecule has 1 unspecified atom stereocenters. The van der Waals surface area contributed by atoms with Crippen molar-refractivity contribution in [3.05, 3.63) is 0 Å². The number of amides is 2. The Bertz CT molecular complexity index is 287. The first kappa shape index (κ1) is 17.7. The lowest BCUT2D eigenvalue weighted by molar-refractivity contribution is -0.140. The zero-order chi connectivity index (χ0) is 15.0. The highest BCUT2D eigenvalue weighted by Crippen LogP contribution is 2.03. The number of carbonyl (C=O) groups is 2. The summed E-state index contributed by atoms with van der Waals surface area (Å²) < 4.78 is 0. The molecule has 0 fully saturated rings. The lowest BCUT2D eigenvalue weighted by Crippen LogP contribution is -2.50. The summed E-state index contributed by atoms with van der Waals surface area (Å²) >= 11 is 0. The van der Waals surface area contributed by atoms with Crippen molar-refractivity contribution in [2.24, 2.45) is 0 Å². The molecule has 0 aliphatic heterocycles. The number of nitrogens with zero attached hydrogens (tertiary/aromatic N) is 1. The normalized spacial score (nSPS) is 12.8. The number of nitrogens with one attached hydrogen (secondary N) is 2. The van der Waals surface area contributed by atoms with Crippen molar-refractivity contribution in [3.8, 4) is 0 Å². The Kier molecular flexibility index (Phi) is 8.09. The van der Waals surface area contributed by atoms with Crippen LogP contribution >= 0.6 is 0 Å². The molecule has 7 heteroatoms. The van der Waals surface area contributed by atoms with E-state index in [4.69, 9.17) is 10.2 Å². The summed E-state index contributed by atoms with van der Waals surface area (Å²) in [4.78, 5) is 24.2. The van der Waals surface area contributed by atoms with E-state index in [2.05, 4.69) is 43.2 Å². The highest BCUT2D eigenvalue weighted by atomic mass is 16.4. The third-order valence-corrected chi connectivity index (χ3v) is 2.77. The van der Waals surface area contributed by atoms with Crippen molar-refractivity contribution >= 4 is 12.0 Å². The molecule has 0 aromatic carbocycles. The fourth-order valence-electron chi connectivity index (χ4n) is 1.81. The number of carboxylic acids is 1. The molecule has 2 amide bonds. The SMILES string of the molecule is CC(C)N(CCNC(=O)NC(CO)C(=O)O)C(C)C. The molecule has 7 nitrogen and oxygen atoms in total. The van der Waals surface area contributed by atoms with Crippen LogP contribution in [0.4, 0.5) is 4.79 Å². The van der Waals surface area contributed by atoms with Crippen LogP contribution in [-0.4, -0.2) is 64.9 Å². The Hall–Kier alpha value is -1.34. The molecule has 0 aromatic heterocycles. The molecule has 0 aliphatic rings. The summed E-state index contributed by atoms with van der Waals surface area (Å²) in [6.45, 7) is 8.77. The predicted octanol–water partition coefficient (Wildman–Crippen LogP) is -0.150. The fraction of sp³-hybridized carbons (Fsp3) is 0.833. The van der Waals surface area contributed by atoms with Gasteiger partial charge in [-0.1, -0.05) is 0 Å². The molecule has 0 spiro atoms. The molecular weight excluding hydrogens is 250 g/mol. The van der Waals surface area contributed by atoms with Gasteiger partial charge < -0.3 is 20.8 Å². The van der Waals surface area contributed by atoms with E-state index in [1.54, 1.807) is 0 Å². The molecule has 0 bridgehead atoms. The molecule has 112 valence electrons. The first-order chi connectivity index (χ1) is 8.79. The Morgan fingerprint density at radius 2 is 1.68 bits per heavy atom. The van der Waals surface area contributed by atoms with Gasteiger partial charge in [0.25, 0.3) is 0 Å². The Morgan fingerprint density at radius 1 is 1.16 bits per heavy atom. The second-order valence-corrected chi connectivity index (χ2v) is 4.90. The number of carboxylic acid groups (broad SMARTS) is 1. The fourth-order valence-corrected chi connectivity index (χ4v) is 1.81. The van der Waals surface area contributed by atoms with E-state index in [-0.39, 0.29) is 0 Å². The number of urea groups is 1. The molecule has 0 saturated heterocycles. The largest absolute Gasteiger partial charge is 0.480 e. The number of aliphatic carboxylic acids is 1. The molecule has 19 heavy (non-hydrogen) atoms. The van der Waals surface area contributed by atoms with E-state index in [0.717, 1.165) is 0 Å². The van der Waals surface area contributed by atoms with Crippen LogP contribution in [-0.2, 0) is 4.79 Å². The van der Waals surface area contributed by atoms with Gasteiger partial charge in [0.2, 0.25) is 0 Å². The Labute approximate surface area is 114 Å². The third kappa shape index (κ3) is 6.97. The summed E-state index contributed by atoms with van der Waals surface area (Å²) in [5.74, 6) is -1.26. The summed E-state index contributed by atoms with van der Waals surface area (Å²) in [5.41, 5.74) is 0. The minimum atomic E-state index is -1.27. The number of hydrogen-bond acceptors (Lipinski definition) is 4. The number of aliphatic hydroxyl groups is 1. The molecule has 4 N–H and O–H groups in total. The van der Waals surface area contributed by atoms with Gasteiger partial charge in [-0.05, 0) is 27.7 Å². The maximum atomic E-state index is 11.4. The molecule has 0 rings (SSSR count). The summed E-state index contributed by atoms with van der Waals surface area (Å²) in [6.07, 6.45) is 0. The minimum absolute atomic E-state index is 0.370. The second kappa shape index (κ2) is 8.71. The molecule has 0 aliphatic carbocycles. The molecule has 0 aromatic rings. The first-order valence-electron chi connectivity index (χ1n) is 6.43. The number of aliphatic hydroxyl groups excluding tert-OH is 1. The Balaban J connectivity index is 4.06. The van der Waals surface area contributed by atoms with Gasteiger partial charge in [-0.15, -0.1) is 0 Å². The van der Waals surface area contributed by atoms with E-state index < -0.39 is 24.6 Å². The topological polar surface area (TPSA) is 102 Å². The van der Waals surface area contributed by atoms with Crippen LogP contribution < -0.4 is 10.6 Å². The highest BCUT2D eigenvalue weighted by Gasteiger charge is 2.18. The molecular formula is C12H25N3O4. The number of rotatable bonds is 8. The van der Waals surface area contributed by atoms with Crippen LogP contribution in [0.3, 0.4) is 0 Å². The van der Waals surface area contributed by atoms with Crippen molar-refractivity contribution in [1.82, 2.24) is 15.5 Å². The van der Waals surface area contributed by atoms with Crippen LogP contribution in [0.25, 0.3) is 0 Å². The van der Waals surface area contributed by atoms with Gasteiger partial charge in [-0.3, -0.25) is 4.90 Å². The van der Waals surface area contributed by atoms with Crippen molar-refractivity contribution in [1.29, 1.82) is 0 Å². The zero-order valence-corrected chi connectivity index (χ0v) is 12.0. The lowest BCUT2D eigenvalue weighted by atomic mass is 10.2. The van der Waals surface area contributed by atoms with Crippen molar-refractivity contribution in [2.45, 2.75) is 45.8 Å². The summed E-state index contributed by atoms with van der Waals surface area (Å²) in [7, 11) is 0. The molecule has 0 heterocycles. The quantitative estimate of drug-likeness (QED) is 0.493. The van der Waals surface area contributed by atoms with Gasteiger partial charge in [0.05, 0.1) is 6.61 Å². The lowest BCUT2D eigenvalue weighted by Gasteiger charge is -2.30. The highest BCUT2D eigenvalue weighted by molar-refractivity contribution is 5.82. The smallest absolute Gasteiger partial charge is 0.328 e. The number of hydrogen-bond donors (Lipinski definition) is 4. The first-order valence-corrected chi connectivity index (χ1v) is 6.43. The van der Waals surface area contributed by atoms with E-state index in [1.165, 1.54) is 0 Å². The van der Waals surface area contributed by atoms with Crippen LogP contribution in [0.1, 0.15) is 27.7 Å². The van der Waals surface area contributed by atoms with E-state index in [9.17, 15) is 9.59 Å². The standard InChI is InChI=1S/C12H25N3O4/c1-8(2)15(9(3)4)6-5-13-12(19)14-10(7-16)11(17)18/h8-10,16H,5-7H2,1-4H3,(H,17,18)(H2,13,14,19). The van der Waals surface area contributed by atoms with E-state index in [1.807, 2.05) is 0 Å². The maximum Gasteiger partial charge on any atom is 0.328 e.